The molecule has 2 aromatic rings. The minimum atomic E-state index is 1.11. The second-order valence-corrected chi connectivity index (χ2v) is 2.87. The predicted molar refractivity (Wildman–Crippen MR) is 46.6 cm³/mol. The zero-order valence-corrected chi connectivity index (χ0v) is 6.73. The molecule has 0 aliphatic rings. The molecule has 0 saturated carbocycles. The monoisotopic (exact) mass is 144 g/mol. The summed E-state index contributed by atoms with van der Waals surface area (Å²) in [7, 11) is 0. The van der Waals surface area contributed by atoms with E-state index in [-0.39, 0.29) is 0 Å². The van der Waals surface area contributed by atoms with Crippen LogP contribution in [0.4, 0.5) is 0 Å². The summed E-state index contributed by atoms with van der Waals surface area (Å²) in [6, 6.07) is 9.48. The Morgan fingerprint density at radius 1 is 1.27 bits per heavy atom. The molecule has 1 heterocycles. The lowest BCUT2D eigenvalue weighted by molar-refractivity contribution is 1.28. The van der Waals surface area contributed by atoms with Crippen LogP contribution in [0.2, 0.25) is 0 Å². The summed E-state index contributed by atoms with van der Waals surface area (Å²) in [6.45, 7) is 4.13. The molecule has 1 heteroatoms. The third-order valence-electron chi connectivity index (χ3n) is 1.91. The Bertz CT molecular complexity index is 385. The summed E-state index contributed by atoms with van der Waals surface area (Å²) >= 11 is 0. The molecule has 2 rings (SSSR count). The Balaban J connectivity index is 2.90. The Kier molecular flexibility index (Phi) is 1.25. The van der Waals surface area contributed by atoms with Gasteiger partial charge in [0.15, 0.2) is 0 Å². The molecule has 1 aromatic carbocycles. The second-order valence-electron chi connectivity index (χ2n) is 2.87. The van der Waals surface area contributed by atoms with E-state index in [0.717, 1.165) is 5.69 Å². The van der Waals surface area contributed by atoms with Crippen LogP contribution in [-0.2, 0) is 0 Å². The molecule has 55 valence electrons. The lowest BCUT2D eigenvalue weighted by Crippen LogP contribution is -1.74. The number of rotatable bonds is 0. The Labute approximate surface area is 66.1 Å². The van der Waals surface area contributed by atoms with Gasteiger partial charge in [-0.1, -0.05) is 18.2 Å². The van der Waals surface area contributed by atoms with Gasteiger partial charge >= 0.3 is 0 Å². The number of benzene rings is 1. The first-order valence-electron chi connectivity index (χ1n) is 3.74. The van der Waals surface area contributed by atoms with E-state index in [2.05, 4.69) is 36.2 Å². The summed E-state index contributed by atoms with van der Waals surface area (Å²) in [5.74, 6) is 0. The Morgan fingerprint density at radius 2 is 2.09 bits per heavy atom. The van der Waals surface area contributed by atoms with Crippen LogP contribution in [0.3, 0.4) is 0 Å². The molecule has 1 N–H and O–H groups in total. The molecule has 1 nitrogen and oxygen atoms in total. The van der Waals surface area contributed by atoms with Crippen LogP contribution >= 0.6 is 0 Å². The summed E-state index contributed by atoms with van der Waals surface area (Å²) in [5, 5.41) is 1.18. The average molecular weight is 144 g/mol. The molecule has 0 fully saturated rings. The van der Waals surface area contributed by atoms with E-state index >= 15 is 0 Å². The van der Waals surface area contributed by atoms with Crippen molar-refractivity contribution in [3.63, 3.8) is 0 Å². The summed E-state index contributed by atoms with van der Waals surface area (Å²) in [4.78, 5) is 3.27. The highest BCUT2D eigenvalue weighted by atomic mass is 14.7. The number of H-pyrrole nitrogens is 1. The maximum atomic E-state index is 3.27. The third kappa shape index (κ3) is 0.929. The van der Waals surface area contributed by atoms with Gasteiger partial charge in [-0.2, -0.15) is 0 Å². The first kappa shape index (κ1) is 6.47. The van der Waals surface area contributed by atoms with Gasteiger partial charge in [0.25, 0.3) is 0 Å². The zero-order valence-electron chi connectivity index (χ0n) is 6.73. The van der Waals surface area contributed by atoms with E-state index in [4.69, 9.17) is 0 Å². The van der Waals surface area contributed by atoms with Crippen molar-refractivity contribution in [2.24, 2.45) is 0 Å². The first-order valence-corrected chi connectivity index (χ1v) is 3.74. The van der Waals surface area contributed by atoms with Gasteiger partial charge in [0, 0.05) is 22.7 Å². The molecule has 1 aromatic heterocycles. The average Bonchev–Trinajstić information content (AvgIpc) is 2.31. The quantitative estimate of drug-likeness (QED) is 0.585. The maximum absolute atomic E-state index is 3.27. The molecule has 1 radical (unpaired) electrons. The Morgan fingerprint density at radius 3 is 2.82 bits per heavy atom. The van der Waals surface area contributed by atoms with E-state index in [0.29, 0.717) is 0 Å². The number of para-hydroxylation sites is 1. The molecule has 0 aliphatic carbocycles. The van der Waals surface area contributed by atoms with Crippen LogP contribution in [0, 0.1) is 19.9 Å². The van der Waals surface area contributed by atoms with Gasteiger partial charge < -0.3 is 4.98 Å². The summed E-state index contributed by atoms with van der Waals surface area (Å²) < 4.78 is 0. The van der Waals surface area contributed by atoms with Gasteiger partial charge in [-0.15, -0.1) is 0 Å². The smallest absolute Gasteiger partial charge is 0.0492 e. The van der Waals surface area contributed by atoms with Crippen LogP contribution in [-0.4, -0.2) is 4.98 Å². The molecule has 0 spiro atoms. The molecular formula is C10H10N. The normalized spacial score (nSPS) is 10.7. The fraction of sp³-hybridized carbons (Fsp3) is 0.200. The third-order valence-corrected chi connectivity index (χ3v) is 1.91. The molecular weight excluding hydrogens is 134 g/mol. The second kappa shape index (κ2) is 2.12. The lowest BCUT2D eigenvalue weighted by Gasteiger charge is -1.92. The predicted octanol–water partition coefficient (Wildman–Crippen LogP) is 2.58. The van der Waals surface area contributed by atoms with Crippen molar-refractivity contribution < 1.29 is 0 Å². The summed E-state index contributed by atoms with van der Waals surface area (Å²) in [6.07, 6.45) is 0. The van der Waals surface area contributed by atoms with Crippen LogP contribution in [0.5, 0.6) is 0 Å². The van der Waals surface area contributed by atoms with Crippen molar-refractivity contribution in [2.75, 3.05) is 0 Å². The number of nitrogens with one attached hydrogen (secondary N) is 1. The maximum Gasteiger partial charge on any atom is 0.0492 e. The fourth-order valence-corrected chi connectivity index (χ4v) is 1.36. The highest BCUT2D eigenvalue weighted by molar-refractivity contribution is 5.82. The van der Waals surface area contributed by atoms with Crippen LogP contribution in [0.25, 0.3) is 10.9 Å². The van der Waals surface area contributed by atoms with Crippen molar-refractivity contribution in [1.29, 1.82) is 0 Å². The molecule has 0 bridgehead atoms. The molecule has 0 saturated heterocycles. The highest BCUT2D eigenvalue weighted by Gasteiger charge is 1.98. The lowest BCUT2D eigenvalue weighted by atomic mass is 10.2. The zero-order chi connectivity index (χ0) is 7.84. The van der Waals surface area contributed by atoms with Gasteiger partial charge in [-0.3, -0.25) is 0 Å². The van der Waals surface area contributed by atoms with E-state index in [1.54, 1.807) is 0 Å². The first-order chi connectivity index (χ1) is 5.27. The van der Waals surface area contributed by atoms with Gasteiger partial charge in [0.1, 0.15) is 0 Å². The Hall–Kier alpha value is -1.24. The molecule has 0 amide bonds. The fourth-order valence-electron chi connectivity index (χ4n) is 1.36. The molecule has 0 aliphatic heterocycles. The van der Waals surface area contributed by atoms with E-state index in [1.807, 2.05) is 6.92 Å². The standard InChI is InChI=1S/C10H10N/c1-7-4-3-5-9-6-8(2)11-10(7)9/h3-5,11H,1-2H3. The van der Waals surface area contributed by atoms with Crippen LogP contribution < -0.4 is 0 Å². The number of hydrogen-bond donors (Lipinski definition) is 1. The van der Waals surface area contributed by atoms with Crippen LogP contribution in [0.15, 0.2) is 18.2 Å². The number of aromatic amines is 1. The van der Waals surface area contributed by atoms with E-state index in [1.165, 1.54) is 16.5 Å². The van der Waals surface area contributed by atoms with Crippen molar-refractivity contribution >= 4 is 10.9 Å². The van der Waals surface area contributed by atoms with Crippen molar-refractivity contribution in [1.82, 2.24) is 4.98 Å². The molecule has 11 heavy (non-hydrogen) atoms. The van der Waals surface area contributed by atoms with Crippen molar-refractivity contribution in [2.45, 2.75) is 13.8 Å². The van der Waals surface area contributed by atoms with Gasteiger partial charge in [-0.25, -0.2) is 0 Å². The number of aromatic nitrogens is 1. The number of fused-ring (bicyclic) bond motifs is 1. The minimum absolute atomic E-state index is 1.11. The minimum Gasteiger partial charge on any atom is -0.358 e. The number of hydrogen-bond acceptors (Lipinski definition) is 0. The molecule has 0 unspecified atom stereocenters. The molecule has 0 atom stereocenters. The number of aryl methyl sites for hydroxylation is 2. The van der Waals surface area contributed by atoms with E-state index < -0.39 is 0 Å². The van der Waals surface area contributed by atoms with Gasteiger partial charge in [0.2, 0.25) is 0 Å². The van der Waals surface area contributed by atoms with Gasteiger partial charge in [0.05, 0.1) is 0 Å². The van der Waals surface area contributed by atoms with Gasteiger partial charge in [-0.05, 0) is 19.4 Å². The van der Waals surface area contributed by atoms with Crippen LogP contribution in [0.1, 0.15) is 11.3 Å². The van der Waals surface area contributed by atoms with E-state index in [9.17, 15) is 0 Å². The summed E-state index contributed by atoms with van der Waals surface area (Å²) in [5.41, 5.74) is 3.60. The van der Waals surface area contributed by atoms with Crippen molar-refractivity contribution in [3.05, 3.63) is 35.5 Å². The van der Waals surface area contributed by atoms with Crippen molar-refractivity contribution in [3.8, 4) is 0 Å². The topological polar surface area (TPSA) is 15.8 Å². The largest absolute Gasteiger partial charge is 0.358 e. The SMILES string of the molecule is Cc1[c]c2cccc(C)c2[nH]1. The highest BCUT2D eigenvalue weighted by Crippen LogP contribution is 2.17.